The van der Waals surface area contributed by atoms with Crippen LogP contribution in [0.4, 0.5) is 0 Å². The van der Waals surface area contributed by atoms with Gasteiger partial charge >= 0.3 is 0 Å². The summed E-state index contributed by atoms with van der Waals surface area (Å²) in [4.78, 5) is 4.66. The summed E-state index contributed by atoms with van der Waals surface area (Å²) >= 11 is 1.67. The highest BCUT2D eigenvalue weighted by molar-refractivity contribution is 7.21. The molecule has 3 aromatic rings. The molecule has 0 amide bonds. The van der Waals surface area contributed by atoms with Crippen molar-refractivity contribution in [2.24, 2.45) is 0 Å². The van der Waals surface area contributed by atoms with E-state index in [1.54, 1.807) is 11.3 Å². The molecule has 0 radical (unpaired) electrons. The van der Waals surface area contributed by atoms with Crippen molar-refractivity contribution in [3.05, 3.63) is 42.2 Å². The number of fused-ring (bicyclic) bond motifs is 1. The minimum atomic E-state index is -0.289. The summed E-state index contributed by atoms with van der Waals surface area (Å²) in [7, 11) is 0. The van der Waals surface area contributed by atoms with Gasteiger partial charge in [-0.15, -0.1) is 11.3 Å². The topological polar surface area (TPSA) is 56.5 Å². The summed E-state index contributed by atoms with van der Waals surface area (Å²) in [5.74, 6) is 1.51. The number of thiazole rings is 1. The highest BCUT2D eigenvalue weighted by atomic mass is 32.1. The quantitative estimate of drug-likeness (QED) is 0.741. The summed E-state index contributed by atoms with van der Waals surface area (Å²) in [6, 6.07) is 12.7. The molecule has 1 aromatic carbocycles. The van der Waals surface area contributed by atoms with E-state index < -0.39 is 0 Å². The lowest BCUT2D eigenvalue weighted by Gasteiger charge is -2.35. The number of nitrogens with zero attached hydrogens (tertiary/aromatic N) is 1. The molecule has 5 rings (SSSR count). The summed E-state index contributed by atoms with van der Waals surface area (Å²) in [5, 5.41) is 4.55. The number of ether oxygens (including phenoxy) is 2. The molecule has 1 spiro atoms. The van der Waals surface area contributed by atoms with Crippen molar-refractivity contribution in [2.75, 3.05) is 13.2 Å². The van der Waals surface area contributed by atoms with Crippen LogP contribution in [0.15, 0.2) is 40.8 Å². The van der Waals surface area contributed by atoms with Crippen LogP contribution in [-0.2, 0) is 16.0 Å². The van der Waals surface area contributed by atoms with Gasteiger partial charge in [0.1, 0.15) is 5.76 Å². The first kappa shape index (κ1) is 16.4. The zero-order chi connectivity index (χ0) is 17.4. The first-order valence-corrected chi connectivity index (χ1v) is 10.1. The highest BCUT2D eigenvalue weighted by Gasteiger charge is 2.40. The highest BCUT2D eigenvalue weighted by Crippen LogP contribution is 2.36. The van der Waals surface area contributed by atoms with Crippen LogP contribution < -0.4 is 5.32 Å². The molecule has 6 heteroatoms. The van der Waals surface area contributed by atoms with Crippen LogP contribution >= 0.6 is 11.3 Å². The van der Waals surface area contributed by atoms with E-state index in [0.29, 0.717) is 6.04 Å². The maximum Gasteiger partial charge on any atom is 0.168 e. The molecule has 0 bridgehead atoms. The Hall–Kier alpha value is -1.73. The summed E-state index contributed by atoms with van der Waals surface area (Å²) in [6.45, 7) is 2.21. The minimum Gasteiger partial charge on any atom is -0.457 e. The van der Waals surface area contributed by atoms with Crippen LogP contribution in [0.1, 0.15) is 31.4 Å². The zero-order valence-electron chi connectivity index (χ0n) is 14.6. The van der Waals surface area contributed by atoms with Crippen LogP contribution in [0.25, 0.3) is 21.0 Å². The second kappa shape index (κ2) is 6.78. The van der Waals surface area contributed by atoms with E-state index in [0.717, 1.165) is 67.5 Å². The molecule has 1 aliphatic heterocycles. The van der Waals surface area contributed by atoms with E-state index in [4.69, 9.17) is 13.9 Å². The van der Waals surface area contributed by atoms with Gasteiger partial charge < -0.3 is 19.2 Å². The van der Waals surface area contributed by atoms with Crippen molar-refractivity contribution < 1.29 is 13.9 Å². The lowest BCUT2D eigenvalue weighted by atomic mass is 9.90. The molecular formula is C20H22N2O3S. The Bertz CT molecular complexity index is 854. The van der Waals surface area contributed by atoms with E-state index in [-0.39, 0.29) is 5.79 Å². The second-order valence-corrected chi connectivity index (χ2v) is 8.05. The molecule has 1 saturated heterocycles. The van der Waals surface area contributed by atoms with Crippen LogP contribution in [0.3, 0.4) is 0 Å². The van der Waals surface area contributed by atoms with E-state index in [9.17, 15) is 0 Å². The predicted molar refractivity (Wildman–Crippen MR) is 101 cm³/mol. The molecular weight excluding hydrogens is 348 g/mol. The SMILES string of the molecule is c1ccc2sc(-c3ccc(CNC4CCC5(CC4)OCCO5)o3)nc2c1. The molecule has 136 valence electrons. The molecule has 2 fully saturated rings. The van der Waals surface area contributed by atoms with Gasteiger partial charge in [-0.1, -0.05) is 12.1 Å². The van der Waals surface area contributed by atoms with Crippen LogP contribution in [0.5, 0.6) is 0 Å². The van der Waals surface area contributed by atoms with Gasteiger partial charge in [-0.2, -0.15) is 0 Å². The maximum atomic E-state index is 6.02. The first-order chi connectivity index (χ1) is 12.8. The molecule has 1 saturated carbocycles. The Labute approximate surface area is 156 Å². The van der Waals surface area contributed by atoms with Gasteiger partial charge in [0.25, 0.3) is 0 Å². The molecule has 1 aliphatic carbocycles. The van der Waals surface area contributed by atoms with Gasteiger partial charge in [0.05, 0.1) is 30.0 Å². The Morgan fingerprint density at radius 3 is 2.69 bits per heavy atom. The summed E-state index contributed by atoms with van der Waals surface area (Å²) in [5.41, 5.74) is 1.02. The number of para-hydroxylation sites is 1. The fourth-order valence-corrected chi connectivity index (χ4v) is 4.79. The van der Waals surface area contributed by atoms with Crippen LogP contribution in [0.2, 0.25) is 0 Å². The van der Waals surface area contributed by atoms with Gasteiger partial charge in [-0.3, -0.25) is 0 Å². The number of aromatic nitrogens is 1. The van der Waals surface area contributed by atoms with Gasteiger partial charge in [-0.05, 0) is 37.1 Å². The van der Waals surface area contributed by atoms with Gasteiger partial charge in [0, 0.05) is 18.9 Å². The molecule has 3 heterocycles. The fourth-order valence-electron chi connectivity index (χ4n) is 3.86. The van der Waals surface area contributed by atoms with Crippen molar-refractivity contribution in [3.63, 3.8) is 0 Å². The Morgan fingerprint density at radius 1 is 1.08 bits per heavy atom. The summed E-state index contributed by atoms with van der Waals surface area (Å²) < 4.78 is 18.8. The van der Waals surface area contributed by atoms with E-state index in [2.05, 4.69) is 16.4 Å². The van der Waals surface area contributed by atoms with E-state index >= 15 is 0 Å². The van der Waals surface area contributed by atoms with Crippen LogP contribution in [-0.4, -0.2) is 30.0 Å². The largest absolute Gasteiger partial charge is 0.457 e. The third kappa shape index (κ3) is 3.18. The molecule has 2 aromatic heterocycles. The third-order valence-electron chi connectivity index (χ3n) is 5.29. The minimum absolute atomic E-state index is 0.289. The van der Waals surface area contributed by atoms with E-state index in [1.165, 1.54) is 4.70 Å². The number of furan rings is 1. The lowest BCUT2D eigenvalue weighted by molar-refractivity contribution is -0.179. The van der Waals surface area contributed by atoms with Gasteiger partial charge in [0.15, 0.2) is 16.6 Å². The van der Waals surface area contributed by atoms with Crippen molar-refractivity contribution in [2.45, 2.75) is 44.1 Å². The monoisotopic (exact) mass is 370 g/mol. The number of hydrogen-bond donors (Lipinski definition) is 1. The maximum absolute atomic E-state index is 6.02. The van der Waals surface area contributed by atoms with Crippen molar-refractivity contribution in [1.82, 2.24) is 10.3 Å². The smallest absolute Gasteiger partial charge is 0.168 e. The Morgan fingerprint density at radius 2 is 1.88 bits per heavy atom. The average molecular weight is 370 g/mol. The first-order valence-electron chi connectivity index (χ1n) is 9.26. The lowest BCUT2D eigenvalue weighted by Crippen LogP contribution is -2.41. The molecule has 0 atom stereocenters. The number of hydrogen-bond acceptors (Lipinski definition) is 6. The standard InChI is InChI=1S/C20H22N2O3S/c1-2-4-18-16(3-1)22-19(26-18)17-6-5-15(25-17)13-21-14-7-9-20(10-8-14)23-11-12-24-20/h1-6,14,21H,7-13H2. The van der Waals surface area contributed by atoms with E-state index in [1.807, 2.05) is 30.3 Å². The van der Waals surface area contributed by atoms with Gasteiger partial charge in [-0.25, -0.2) is 4.98 Å². The third-order valence-corrected chi connectivity index (χ3v) is 6.34. The molecule has 2 aliphatic rings. The van der Waals surface area contributed by atoms with Crippen molar-refractivity contribution >= 4 is 21.6 Å². The van der Waals surface area contributed by atoms with Crippen molar-refractivity contribution in [3.8, 4) is 10.8 Å². The average Bonchev–Trinajstić information content (AvgIpc) is 3.41. The zero-order valence-corrected chi connectivity index (χ0v) is 15.4. The number of nitrogens with one attached hydrogen (secondary N) is 1. The molecule has 1 N–H and O–H groups in total. The molecule has 26 heavy (non-hydrogen) atoms. The normalized spacial score (nSPS) is 20.3. The van der Waals surface area contributed by atoms with Crippen molar-refractivity contribution in [1.29, 1.82) is 0 Å². The number of benzene rings is 1. The number of rotatable bonds is 4. The van der Waals surface area contributed by atoms with Crippen LogP contribution in [0, 0.1) is 0 Å². The van der Waals surface area contributed by atoms with Gasteiger partial charge in [0.2, 0.25) is 0 Å². The fraction of sp³-hybridized carbons (Fsp3) is 0.450. The molecule has 0 unspecified atom stereocenters. The molecule has 5 nitrogen and oxygen atoms in total. The summed E-state index contributed by atoms with van der Waals surface area (Å²) in [6.07, 6.45) is 4.09. The Balaban J connectivity index is 1.20. The predicted octanol–water partition coefficient (Wildman–Crippen LogP) is 4.33. The second-order valence-electron chi connectivity index (χ2n) is 7.02. The Kier molecular flexibility index (Phi) is 4.29.